The number of amides is 1. The quantitative estimate of drug-likeness (QED) is 0.866. The van der Waals surface area contributed by atoms with Crippen molar-refractivity contribution in [2.75, 3.05) is 19.6 Å². The highest BCUT2D eigenvalue weighted by Gasteiger charge is 2.22. The van der Waals surface area contributed by atoms with Crippen LogP contribution < -0.4 is 5.32 Å². The first-order valence-corrected chi connectivity index (χ1v) is 7.92. The maximum atomic E-state index is 12.6. The molecule has 1 aromatic carbocycles. The zero-order valence-corrected chi connectivity index (χ0v) is 13.3. The molecular weight excluding hydrogens is 320 g/mol. The van der Waals surface area contributed by atoms with E-state index in [9.17, 15) is 9.90 Å². The number of hydrogen-bond donors (Lipinski definition) is 2. The first-order chi connectivity index (χ1) is 9.61. The summed E-state index contributed by atoms with van der Waals surface area (Å²) in [5, 5.41) is 13.1. The summed E-state index contributed by atoms with van der Waals surface area (Å²) in [6, 6.07) is 5.38. The van der Waals surface area contributed by atoms with E-state index in [4.69, 9.17) is 0 Å². The lowest BCUT2D eigenvalue weighted by molar-refractivity contribution is 0.0741. The van der Waals surface area contributed by atoms with Gasteiger partial charge < -0.3 is 15.3 Å². The van der Waals surface area contributed by atoms with Gasteiger partial charge in [0.05, 0.1) is 4.47 Å². The summed E-state index contributed by atoms with van der Waals surface area (Å²) >= 11 is 3.23. The van der Waals surface area contributed by atoms with E-state index in [2.05, 4.69) is 28.2 Å². The van der Waals surface area contributed by atoms with Crippen LogP contribution in [0.3, 0.4) is 0 Å². The van der Waals surface area contributed by atoms with Gasteiger partial charge in [-0.05, 0) is 59.9 Å². The van der Waals surface area contributed by atoms with Crippen molar-refractivity contribution in [2.45, 2.75) is 32.2 Å². The van der Waals surface area contributed by atoms with Gasteiger partial charge in [0.1, 0.15) is 5.75 Å². The fraction of sp³-hybridized carbons (Fsp3) is 0.533. The minimum absolute atomic E-state index is 0.0108. The summed E-state index contributed by atoms with van der Waals surface area (Å²) in [6.07, 6.45) is 3.23. The van der Waals surface area contributed by atoms with Crippen LogP contribution in [0.1, 0.15) is 36.5 Å². The van der Waals surface area contributed by atoms with Crippen molar-refractivity contribution in [2.24, 2.45) is 0 Å². The van der Waals surface area contributed by atoms with Gasteiger partial charge in [-0.2, -0.15) is 0 Å². The third-order valence-corrected chi connectivity index (χ3v) is 4.25. The molecule has 1 heterocycles. The molecule has 0 radical (unpaired) electrons. The van der Waals surface area contributed by atoms with Crippen LogP contribution in [0.2, 0.25) is 0 Å². The standard InChI is InChI=1S/C15H21BrN2O2/c1-2-8-18(10-12-4-3-7-17-12)15(20)11-5-6-13(16)14(19)9-11/h5-6,9,12,17,19H,2-4,7-8,10H2,1H3. The summed E-state index contributed by atoms with van der Waals surface area (Å²) < 4.78 is 0.605. The summed E-state index contributed by atoms with van der Waals surface area (Å²) in [6.45, 7) is 4.59. The minimum Gasteiger partial charge on any atom is -0.507 e. The van der Waals surface area contributed by atoms with E-state index in [0.717, 1.165) is 32.5 Å². The van der Waals surface area contributed by atoms with Gasteiger partial charge in [0.2, 0.25) is 0 Å². The molecule has 1 atom stereocenters. The molecule has 1 aromatic rings. The van der Waals surface area contributed by atoms with Crippen molar-refractivity contribution in [1.29, 1.82) is 0 Å². The molecular formula is C15H21BrN2O2. The van der Waals surface area contributed by atoms with Crippen LogP contribution in [0, 0.1) is 0 Å². The molecule has 1 unspecified atom stereocenters. The van der Waals surface area contributed by atoms with Gasteiger partial charge in [0.25, 0.3) is 5.91 Å². The first kappa shape index (κ1) is 15.3. The number of rotatable bonds is 5. The van der Waals surface area contributed by atoms with Crippen LogP contribution in [0.4, 0.5) is 0 Å². The SMILES string of the molecule is CCCN(CC1CCCN1)C(=O)c1ccc(Br)c(O)c1. The normalized spacial score (nSPS) is 18.2. The lowest BCUT2D eigenvalue weighted by Crippen LogP contribution is -2.41. The highest BCUT2D eigenvalue weighted by molar-refractivity contribution is 9.10. The molecule has 1 aliphatic heterocycles. The average molecular weight is 341 g/mol. The number of halogens is 1. The second-order valence-electron chi connectivity index (χ2n) is 5.21. The minimum atomic E-state index is -0.0108. The lowest BCUT2D eigenvalue weighted by Gasteiger charge is -2.25. The van der Waals surface area contributed by atoms with Crippen LogP contribution in [0.25, 0.3) is 0 Å². The van der Waals surface area contributed by atoms with E-state index in [-0.39, 0.29) is 11.7 Å². The Hall–Kier alpha value is -1.07. The van der Waals surface area contributed by atoms with Crippen molar-refractivity contribution in [3.8, 4) is 5.75 Å². The molecule has 20 heavy (non-hydrogen) atoms. The molecule has 1 aliphatic rings. The lowest BCUT2D eigenvalue weighted by atomic mass is 10.1. The van der Waals surface area contributed by atoms with Gasteiger partial charge in [-0.1, -0.05) is 6.92 Å². The smallest absolute Gasteiger partial charge is 0.254 e. The van der Waals surface area contributed by atoms with Gasteiger partial charge in [-0.15, -0.1) is 0 Å². The maximum Gasteiger partial charge on any atom is 0.254 e. The molecule has 0 aliphatic carbocycles. The van der Waals surface area contributed by atoms with Crippen LogP contribution in [-0.2, 0) is 0 Å². The topological polar surface area (TPSA) is 52.6 Å². The van der Waals surface area contributed by atoms with Crippen molar-refractivity contribution in [1.82, 2.24) is 10.2 Å². The Morgan fingerprint density at radius 3 is 2.95 bits per heavy atom. The predicted octanol–water partition coefficient (Wildman–Crippen LogP) is 2.76. The number of benzene rings is 1. The van der Waals surface area contributed by atoms with Crippen LogP contribution >= 0.6 is 15.9 Å². The summed E-state index contributed by atoms with van der Waals surface area (Å²) in [4.78, 5) is 14.4. The molecule has 0 aromatic heterocycles. The van der Waals surface area contributed by atoms with E-state index in [0.29, 0.717) is 16.1 Å². The zero-order valence-electron chi connectivity index (χ0n) is 11.7. The van der Waals surface area contributed by atoms with Gasteiger partial charge >= 0.3 is 0 Å². The Balaban J connectivity index is 2.10. The number of carbonyl (C=O) groups excluding carboxylic acids is 1. The molecule has 110 valence electrons. The second-order valence-corrected chi connectivity index (χ2v) is 6.06. The fourth-order valence-electron chi connectivity index (χ4n) is 2.55. The number of carbonyl (C=O) groups is 1. The van der Waals surface area contributed by atoms with E-state index in [1.807, 2.05) is 4.90 Å². The van der Waals surface area contributed by atoms with Gasteiger partial charge in [-0.3, -0.25) is 4.79 Å². The van der Waals surface area contributed by atoms with E-state index in [1.165, 1.54) is 12.5 Å². The number of nitrogens with zero attached hydrogens (tertiary/aromatic N) is 1. The third-order valence-electron chi connectivity index (χ3n) is 3.58. The molecule has 0 saturated carbocycles. The number of phenolic OH excluding ortho intramolecular Hbond substituents is 1. The van der Waals surface area contributed by atoms with Gasteiger partial charge in [0, 0.05) is 24.7 Å². The molecule has 0 bridgehead atoms. The summed E-state index contributed by atoms with van der Waals surface area (Å²) in [7, 11) is 0. The summed E-state index contributed by atoms with van der Waals surface area (Å²) in [5.41, 5.74) is 0.539. The van der Waals surface area contributed by atoms with Crippen LogP contribution in [0.15, 0.2) is 22.7 Å². The van der Waals surface area contributed by atoms with E-state index >= 15 is 0 Å². The highest BCUT2D eigenvalue weighted by atomic mass is 79.9. The molecule has 4 nitrogen and oxygen atoms in total. The molecule has 2 rings (SSSR count). The van der Waals surface area contributed by atoms with Crippen molar-refractivity contribution in [3.63, 3.8) is 0 Å². The van der Waals surface area contributed by atoms with Crippen LogP contribution in [-0.4, -0.2) is 41.6 Å². The number of hydrogen-bond acceptors (Lipinski definition) is 3. The number of aromatic hydroxyl groups is 1. The Kier molecular flexibility index (Phi) is 5.43. The Bertz CT molecular complexity index is 473. The molecule has 2 N–H and O–H groups in total. The Morgan fingerprint density at radius 2 is 2.35 bits per heavy atom. The monoisotopic (exact) mass is 340 g/mol. The second kappa shape index (κ2) is 7.09. The molecule has 0 spiro atoms. The van der Waals surface area contributed by atoms with Crippen molar-refractivity contribution in [3.05, 3.63) is 28.2 Å². The predicted molar refractivity (Wildman–Crippen MR) is 83.0 cm³/mol. The Morgan fingerprint density at radius 1 is 1.55 bits per heavy atom. The fourth-order valence-corrected chi connectivity index (χ4v) is 2.80. The number of phenols is 1. The summed E-state index contributed by atoms with van der Waals surface area (Å²) in [5.74, 6) is 0.0923. The first-order valence-electron chi connectivity index (χ1n) is 7.13. The highest BCUT2D eigenvalue weighted by Crippen LogP contribution is 2.25. The Labute approximate surface area is 128 Å². The molecule has 5 heteroatoms. The van der Waals surface area contributed by atoms with E-state index in [1.54, 1.807) is 12.1 Å². The van der Waals surface area contributed by atoms with Gasteiger partial charge in [0.15, 0.2) is 0 Å². The van der Waals surface area contributed by atoms with E-state index < -0.39 is 0 Å². The van der Waals surface area contributed by atoms with Crippen molar-refractivity contribution < 1.29 is 9.90 Å². The average Bonchev–Trinajstić information content (AvgIpc) is 2.93. The zero-order chi connectivity index (χ0) is 14.5. The molecule has 1 saturated heterocycles. The largest absolute Gasteiger partial charge is 0.507 e. The molecule has 1 amide bonds. The van der Waals surface area contributed by atoms with Crippen molar-refractivity contribution >= 4 is 21.8 Å². The number of nitrogens with one attached hydrogen (secondary N) is 1. The molecule has 1 fully saturated rings. The third kappa shape index (κ3) is 3.73. The van der Waals surface area contributed by atoms with Gasteiger partial charge in [-0.25, -0.2) is 0 Å². The van der Waals surface area contributed by atoms with Crippen LogP contribution in [0.5, 0.6) is 5.75 Å². The maximum absolute atomic E-state index is 12.6.